The van der Waals surface area contributed by atoms with E-state index in [2.05, 4.69) is 11.0 Å². The second kappa shape index (κ2) is 6.49. The number of allylic oxidation sites excluding steroid dienone is 4. The molecule has 0 unspecified atom stereocenters. The Morgan fingerprint density at radius 3 is 2.45 bits per heavy atom. The first-order valence-electron chi connectivity index (χ1n) is 7.33. The maximum atomic E-state index is 12.0. The Hall–Kier alpha value is -1.87. The van der Waals surface area contributed by atoms with E-state index in [1.165, 1.54) is 0 Å². The van der Waals surface area contributed by atoms with Gasteiger partial charge in [-0.05, 0) is 50.1 Å². The van der Waals surface area contributed by atoms with Crippen LogP contribution in [0, 0.1) is 6.92 Å². The molecule has 4 heteroatoms. The van der Waals surface area contributed by atoms with Crippen molar-refractivity contribution >= 4 is 34.5 Å². The molecule has 0 saturated heterocycles. The van der Waals surface area contributed by atoms with Gasteiger partial charge in [-0.2, -0.15) is 0 Å². The minimum absolute atomic E-state index is 0.0999. The van der Waals surface area contributed by atoms with E-state index < -0.39 is 0 Å². The van der Waals surface area contributed by atoms with E-state index in [4.69, 9.17) is 16.6 Å². The van der Waals surface area contributed by atoms with Crippen molar-refractivity contribution in [3.8, 4) is 0 Å². The van der Waals surface area contributed by atoms with Crippen molar-refractivity contribution in [2.45, 2.75) is 27.2 Å². The maximum Gasteiger partial charge on any atom is 0.200 e. The highest BCUT2D eigenvalue weighted by atomic mass is 35.5. The molecule has 116 valence electrons. The van der Waals surface area contributed by atoms with Crippen molar-refractivity contribution < 1.29 is 4.79 Å². The number of benzene rings is 1. The zero-order chi connectivity index (χ0) is 16.4. The summed E-state index contributed by atoms with van der Waals surface area (Å²) in [6, 6.07) is 6.13. The number of hydrogen-bond acceptors (Lipinski definition) is 3. The van der Waals surface area contributed by atoms with Gasteiger partial charge in [-0.3, -0.25) is 4.79 Å². The first kappa shape index (κ1) is 16.5. The molecule has 0 saturated carbocycles. The molecule has 1 aromatic carbocycles. The van der Waals surface area contributed by atoms with Gasteiger partial charge >= 0.3 is 0 Å². The molecule has 2 rings (SSSR count). The zero-order valence-corrected chi connectivity index (χ0v) is 14.5. The third kappa shape index (κ3) is 3.14. The highest BCUT2D eigenvalue weighted by molar-refractivity contribution is 6.49. The van der Waals surface area contributed by atoms with Crippen LogP contribution in [0.15, 0.2) is 45.4 Å². The van der Waals surface area contributed by atoms with E-state index in [-0.39, 0.29) is 5.78 Å². The number of nitrogens with zero attached hydrogens (tertiary/aromatic N) is 2. The van der Waals surface area contributed by atoms with Crippen LogP contribution in [0.2, 0.25) is 0 Å². The molecule has 0 bridgehead atoms. The number of ketones is 1. The van der Waals surface area contributed by atoms with Crippen molar-refractivity contribution in [1.82, 2.24) is 0 Å². The number of aryl methyl sites for hydroxylation is 1. The molecule has 0 aliphatic heterocycles. The highest BCUT2D eigenvalue weighted by Gasteiger charge is 2.22. The largest absolute Gasteiger partial charge is 0.378 e. The molecule has 0 fully saturated rings. The standard InChI is InChI=1S/C18H21ClN2O/c1-6-14-16(10-12(3)18(22)17(14)19)20-15-8-7-13(21(4)5)9-11(15)2/h7-10H,6H2,1-5H3. The molecule has 1 aliphatic carbocycles. The fourth-order valence-electron chi connectivity index (χ4n) is 2.39. The minimum Gasteiger partial charge on any atom is -0.378 e. The molecule has 0 amide bonds. The fraction of sp³-hybridized carbons (Fsp3) is 0.333. The summed E-state index contributed by atoms with van der Waals surface area (Å²) in [4.78, 5) is 18.8. The first-order valence-corrected chi connectivity index (χ1v) is 7.71. The van der Waals surface area contributed by atoms with Gasteiger partial charge in [-0.25, -0.2) is 4.99 Å². The van der Waals surface area contributed by atoms with Crippen LogP contribution in [-0.4, -0.2) is 25.6 Å². The second-order valence-corrected chi connectivity index (χ2v) is 6.04. The molecular formula is C18H21ClN2O. The Bertz CT molecular complexity index is 712. The summed E-state index contributed by atoms with van der Waals surface area (Å²) in [5.41, 5.74) is 5.35. The van der Waals surface area contributed by atoms with Gasteiger partial charge in [0.2, 0.25) is 0 Å². The number of anilines is 1. The van der Waals surface area contributed by atoms with Gasteiger partial charge in [0.15, 0.2) is 5.78 Å². The van der Waals surface area contributed by atoms with E-state index in [1.54, 1.807) is 6.92 Å². The third-order valence-electron chi connectivity index (χ3n) is 3.78. The monoisotopic (exact) mass is 316 g/mol. The molecule has 0 N–H and O–H groups in total. The lowest BCUT2D eigenvalue weighted by Crippen LogP contribution is -2.15. The summed E-state index contributed by atoms with van der Waals surface area (Å²) in [6.07, 6.45) is 2.51. The van der Waals surface area contributed by atoms with Crippen molar-refractivity contribution in [3.63, 3.8) is 0 Å². The quantitative estimate of drug-likeness (QED) is 0.765. The van der Waals surface area contributed by atoms with Crippen LogP contribution in [0.4, 0.5) is 11.4 Å². The predicted molar refractivity (Wildman–Crippen MR) is 94.5 cm³/mol. The van der Waals surface area contributed by atoms with E-state index in [0.29, 0.717) is 17.0 Å². The van der Waals surface area contributed by atoms with Crippen LogP contribution >= 0.6 is 11.6 Å². The molecule has 0 aromatic heterocycles. The van der Waals surface area contributed by atoms with Crippen LogP contribution in [0.5, 0.6) is 0 Å². The van der Waals surface area contributed by atoms with E-state index in [9.17, 15) is 4.79 Å². The van der Waals surface area contributed by atoms with Crippen LogP contribution in [0.25, 0.3) is 0 Å². The Morgan fingerprint density at radius 1 is 1.23 bits per heavy atom. The maximum absolute atomic E-state index is 12.0. The SMILES string of the molecule is CCC1=C(Cl)C(=O)C(C)=CC1=Nc1ccc(N(C)C)cc1C. The molecule has 1 aliphatic rings. The summed E-state index contributed by atoms with van der Waals surface area (Å²) >= 11 is 6.20. The van der Waals surface area contributed by atoms with Gasteiger partial charge in [0.25, 0.3) is 0 Å². The molecule has 0 atom stereocenters. The van der Waals surface area contributed by atoms with Crippen molar-refractivity contribution in [1.29, 1.82) is 0 Å². The van der Waals surface area contributed by atoms with Crippen molar-refractivity contribution in [3.05, 3.63) is 46.0 Å². The van der Waals surface area contributed by atoms with Gasteiger partial charge in [0, 0.05) is 30.9 Å². The lowest BCUT2D eigenvalue weighted by molar-refractivity contribution is -0.111. The van der Waals surface area contributed by atoms with Crippen LogP contribution in [-0.2, 0) is 4.79 Å². The summed E-state index contributed by atoms with van der Waals surface area (Å²) in [5.74, 6) is -0.0999. The Kier molecular flexibility index (Phi) is 4.87. The predicted octanol–water partition coefficient (Wildman–Crippen LogP) is 4.57. The van der Waals surface area contributed by atoms with Gasteiger partial charge in [-0.15, -0.1) is 0 Å². The second-order valence-electron chi connectivity index (χ2n) is 5.66. The van der Waals surface area contributed by atoms with E-state index in [1.807, 2.05) is 46.2 Å². The Labute approximate surface area is 137 Å². The van der Waals surface area contributed by atoms with Gasteiger partial charge in [0.1, 0.15) is 0 Å². The number of carbonyl (C=O) groups excluding carboxylic acids is 1. The number of halogens is 1. The summed E-state index contributed by atoms with van der Waals surface area (Å²) < 4.78 is 0. The number of hydrogen-bond donors (Lipinski definition) is 0. The molecule has 3 nitrogen and oxygen atoms in total. The average molecular weight is 317 g/mol. The molecule has 22 heavy (non-hydrogen) atoms. The van der Waals surface area contributed by atoms with Crippen LogP contribution in [0.1, 0.15) is 25.8 Å². The first-order chi connectivity index (χ1) is 10.3. The fourth-order valence-corrected chi connectivity index (χ4v) is 2.77. The average Bonchev–Trinajstić information content (AvgIpc) is 2.47. The topological polar surface area (TPSA) is 32.7 Å². The minimum atomic E-state index is -0.0999. The summed E-state index contributed by atoms with van der Waals surface area (Å²) in [6.45, 7) is 5.79. The zero-order valence-electron chi connectivity index (χ0n) is 13.7. The lowest BCUT2D eigenvalue weighted by atomic mass is 9.95. The number of Topliss-reactive ketones (excluding diaryl/α,β-unsaturated/α-hetero) is 1. The summed E-state index contributed by atoms with van der Waals surface area (Å²) in [5, 5.41) is 0.295. The highest BCUT2D eigenvalue weighted by Crippen LogP contribution is 2.29. The number of rotatable bonds is 3. The van der Waals surface area contributed by atoms with Crippen LogP contribution in [0.3, 0.4) is 0 Å². The van der Waals surface area contributed by atoms with Gasteiger partial charge in [-0.1, -0.05) is 18.5 Å². The Balaban J connectivity index is 2.50. The molecule has 1 aromatic rings. The van der Waals surface area contributed by atoms with Gasteiger partial charge < -0.3 is 4.90 Å². The van der Waals surface area contributed by atoms with Crippen LogP contribution < -0.4 is 4.90 Å². The third-order valence-corrected chi connectivity index (χ3v) is 4.18. The molecule has 0 radical (unpaired) electrons. The van der Waals surface area contributed by atoms with Crippen molar-refractivity contribution in [2.24, 2.45) is 4.99 Å². The molecular weight excluding hydrogens is 296 g/mol. The Morgan fingerprint density at radius 2 is 1.91 bits per heavy atom. The molecule has 0 heterocycles. The smallest absolute Gasteiger partial charge is 0.200 e. The normalized spacial score (nSPS) is 17.1. The van der Waals surface area contributed by atoms with Crippen molar-refractivity contribution in [2.75, 3.05) is 19.0 Å². The molecule has 0 spiro atoms. The van der Waals surface area contributed by atoms with Gasteiger partial charge in [0.05, 0.1) is 16.4 Å². The lowest BCUT2D eigenvalue weighted by Gasteiger charge is -2.17. The van der Waals surface area contributed by atoms with E-state index >= 15 is 0 Å². The summed E-state index contributed by atoms with van der Waals surface area (Å²) in [7, 11) is 4.02. The number of aliphatic imine (C=N–C) groups is 1. The van der Waals surface area contributed by atoms with E-state index in [0.717, 1.165) is 28.2 Å². The number of carbonyl (C=O) groups is 1.